The van der Waals surface area contributed by atoms with Gasteiger partial charge in [-0.15, -0.1) is 70.5 Å². The van der Waals surface area contributed by atoms with Crippen LogP contribution in [-0.4, -0.2) is 30.2 Å². The number of methoxy groups -OCH3 is 1. The second kappa shape index (κ2) is 13.4. The summed E-state index contributed by atoms with van der Waals surface area (Å²) in [6, 6.07) is 6.42. The fraction of sp³-hybridized carbons (Fsp3) is 0.333. The largest absolute Gasteiger partial charge is 0.497 e. The molecule has 29 heavy (non-hydrogen) atoms. The number of ether oxygens (including phenoxy) is 1. The van der Waals surface area contributed by atoms with Crippen LogP contribution in [0, 0.1) is 6.92 Å². The molecule has 158 valence electrons. The van der Waals surface area contributed by atoms with E-state index in [9.17, 15) is 0 Å². The SMILES string of the molecule is BrB(Br)Br.COc1cc(C)cc(-c2cn(C(C)C)c3ncnc(Cl)c23)c1.ClCCl. The van der Waals surface area contributed by atoms with Crippen molar-refractivity contribution < 1.29 is 4.74 Å². The lowest BCUT2D eigenvalue weighted by atomic mass is 10.0. The van der Waals surface area contributed by atoms with Crippen LogP contribution in [0.5, 0.6) is 5.75 Å². The highest BCUT2D eigenvalue weighted by atomic mass is 79.9. The standard InChI is InChI=1S/C17H18ClN3O.CH2Cl2.BBr3/c1-10(2)21-8-14(15-16(18)19-9-20-17(15)21)12-5-11(3)6-13(7-12)22-4;2-1-3;2-1(3)4/h5-10H,1-4H3;1H2;. The van der Waals surface area contributed by atoms with E-state index in [1.54, 1.807) is 7.11 Å². The Balaban J connectivity index is 0.000000526. The van der Waals surface area contributed by atoms with Gasteiger partial charge in [0.15, 0.2) is 0 Å². The molecule has 1 aromatic carbocycles. The molecule has 0 amide bonds. The summed E-state index contributed by atoms with van der Waals surface area (Å²) in [6.07, 6.45) is 3.59. The summed E-state index contributed by atoms with van der Waals surface area (Å²) < 4.78 is 7.77. The first kappa shape index (κ1) is 27.0. The summed E-state index contributed by atoms with van der Waals surface area (Å²) in [5.41, 5.74) is 4.06. The van der Waals surface area contributed by atoms with Gasteiger partial charge >= 0.3 is 3.18 Å². The van der Waals surface area contributed by atoms with Gasteiger partial charge in [0, 0.05) is 17.8 Å². The molecule has 11 heteroatoms. The van der Waals surface area contributed by atoms with Crippen LogP contribution in [0.4, 0.5) is 0 Å². The van der Waals surface area contributed by atoms with Crippen LogP contribution < -0.4 is 4.74 Å². The molecule has 0 aliphatic heterocycles. The van der Waals surface area contributed by atoms with Gasteiger partial charge in [-0.3, -0.25) is 0 Å². The Bertz CT molecular complexity index is 923. The summed E-state index contributed by atoms with van der Waals surface area (Å²) in [5.74, 6) is 0.827. The van der Waals surface area contributed by atoms with Gasteiger partial charge in [0.2, 0.25) is 0 Å². The van der Waals surface area contributed by atoms with Gasteiger partial charge < -0.3 is 9.30 Å². The smallest absolute Gasteiger partial charge is 0.369 e. The van der Waals surface area contributed by atoms with Gasteiger partial charge in [-0.05, 0) is 44.0 Å². The minimum Gasteiger partial charge on any atom is -0.497 e. The maximum absolute atomic E-state index is 6.35. The van der Waals surface area contributed by atoms with Crippen LogP contribution in [0.3, 0.4) is 0 Å². The van der Waals surface area contributed by atoms with E-state index < -0.39 is 0 Å². The van der Waals surface area contributed by atoms with Crippen LogP contribution in [0.25, 0.3) is 22.2 Å². The van der Waals surface area contributed by atoms with Gasteiger partial charge in [0.05, 0.1) is 17.8 Å². The number of aryl methyl sites for hydroxylation is 1. The molecule has 0 aliphatic rings. The summed E-state index contributed by atoms with van der Waals surface area (Å²) in [5, 5.41) is 1.55. The van der Waals surface area contributed by atoms with Crippen molar-refractivity contribution in [1.29, 1.82) is 0 Å². The highest BCUT2D eigenvalue weighted by molar-refractivity contribution is 9.69. The van der Waals surface area contributed by atoms with Crippen LogP contribution in [0.1, 0.15) is 25.5 Å². The van der Waals surface area contributed by atoms with Gasteiger partial charge in [0.1, 0.15) is 22.9 Å². The Labute approximate surface area is 211 Å². The van der Waals surface area contributed by atoms with Gasteiger partial charge in [-0.2, -0.15) is 0 Å². The molecular weight excluding hydrogens is 631 g/mol. The zero-order chi connectivity index (χ0) is 22.1. The molecule has 2 heterocycles. The second-order valence-electron chi connectivity index (χ2n) is 5.99. The fourth-order valence-electron chi connectivity index (χ4n) is 2.68. The molecule has 0 unspecified atom stereocenters. The van der Waals surface area contributed by atoms with Crippen molar-refractivity contribution in [3.05, 3.63) is 41.4 Å². The summed E-state index contributed by atoms with van der Waals surface area (Å²) >= 11 is 25.2. The summed E-state index contributed by atoms with van der Waals surface area (Å²) in [4.78, 5) is 8.55. The van der Waals surface area contributed by atoms with Crippen molar-refractivity contribution >= 4 is 96.3 Å². The molecular formula is C18H20BBr3Cl3N3O. The molecule has 3 rings (SSSR count). The van der Waals surface area contributed by atoms with Gasteiger partial charge in [-0.1, -0.05) is 17.7 Å². The highest BCUT2D eigenvalue weighted by Gasteiger charge is 2.17. The molecule has 0 aliphatic carbocycles. The molecule has 0 bridgehead atoms. The first-order chi connectivity index (χ1) is 13.7. The number of benzene rings is 1. The van der Waals surface area contributed by atoms with E-state index in [-0.39, 0.29) is 14.6 Å². The van der Waals surface area contributed by atoms with Crippen molar-refractivity contribution in [3.8, 4) is 16.9 Å². The quantitative estimate of drug-likeness (QED) is 0.163. The van der Waals surface area contributed by atoms with E-state index in [0.29, 0.717) is 5.15 Å². The molecule has 4 nitrogen and oxygen atoms in total. The number of aromatic nitrogens is 3. The average molecular weight is 651 g/mol. The lowest BCUT2D eigenvalue weighted by molar-refractivity contribution is 0.414. The average Bonchev–Trinajstić information content (AvgIpc) is 3.03. The zero-order valence-electron chi connectivity index (χ0n) is 16.3. The minimum atomic E-state index is 0.194. The second-order valence-corrected chi connectivity index (χ2v) is 13.6. The van der Waals surface area contributed by atoms with Crippen LogP contribution in [0.2, 0.25) is 5.15 Å². The third-order valence-electron chi connectivity index (χ3n) is 3.72. The lowest BCUT2D eigenvalue weighted by Crippen LogP contribution is -1.99. The molecule has 0 radical (unpaired) electrons. The van der Waals surface area contributed by atoms with Gasteiger partial charge in [0.25, 0.3) is 0 Å². The molecule has 0 N–H and O–H groups in total. The Morgan fingerprint density at radius 1 is 1.14 bits per heavy atom. The Morgan fingerprint density at radius 3 is 2.24 bits per heavy atom. The predicted molar refractivity (Wildman–Crippen MR) is 139 cm³/mol. The number of hydrogen-bond acceptors (Lipinski definition) is 3. The third-order valence-corrected chi connectivity index (χ3v) is 4.00. The Morgan fingerprint density at radius 2 is 1.72 bits per heavy atom. The van der Waals surface area contributed by atoms with Crippen molar-refractivity contribution in [2.45, 2.75) is 26.8 Å². The van der Waals surface area contributed by atoms with E-state index in [0.717, 1.165) is 33.5 Å². The van der Waals surface area contributed by atoms with E-state index in [4.69, 9.17) is 39.5 Å². The molecule has 0 atom stereocenters. The number of nitrogens with zero attached hydrogens (tertiary/aromatic N) is 3. The summed E-state index contributed by atoms with van der Waals surface area (Å²) in [6.45, 7) is 6.29. The zero-order valence-corrected chi connectivity index (χ0v) is 23.3. The maximum Gasteiger partial charge on any atom is 0.369 e. The molecule has 0 saturated carbocycles. The van der Waals surface area contributed by atoms with E-state index in [1.165, 1.54) is 6.33 Å². The van der Waals surface area contributed by atoms with Crippen LogP contribution in [0.15, 0.2) is 30.7 Å². The Hall–Kier alpha value is 0.0149. The Kier molecular flexibility index (Phi) is 12.5. The lowest BCUT2D eigenvalue weighted by Gasteiger charge is -2.07. The number of rotatable bonds is 3. The monoisotopic (exact) mass is 647 g/mol. The van der Waals surface area contributed by atoms with E-state index in [2.05, 4.69) is 87.9 Å². The topological polar surface area (TPSA) is 39.9 Å². The number of fused-ring (bicyclic) bond motifs is 1. The van der Waals surface area contributed by atoms with Crippen LogP contribution >= 0.6 is 82.1 Å². The number of alkyl halides is 2. The molecule has 0 fully saturated rings. The minimum absolute atomic E-state index is 0.194. The van der Waals surface area contributed by atoms with Crippen LogP contribution in [-0.2, 0) is 0 Å². The van der Waals surface area contributed by atoms with E-state index >= 15 is 0 Å². The first-order valence-corrected chi connectivity index (χ1v) is 12.6. The van der Waals surface area contributed by atoms with Crippen molar-refractivity contribution in [2.75, 3.05) is 12.4 Å². The molecule has 0 spiro atoms. The third kappa shape index (κ3) is 8.22. The first-order valence-electron chi connectivity index (χ1n) is 8.37. The van der Waals surface area contributed by atoms with Crippen molar-refractivity contribution in [3.63, 3.8) is 0 Å². The predicted octanol–water partition coefficient (Wildman–Crippen LogP) is 8.23. The van der Waals surface area contributed by atoms with E-state index in [1.807, 2.05) is 19.1 Å². The van der Waals surface area contributed by atoms with Crippen molar-refractivity contribution in [1.82, 2.24) is 14.5 Å². The normalized spacial score (nSPS) is 10.2. The molecule has 2 aromatic heterocycles. The maximum atomic E-state index is 6.35. The molecule has 0 saturated heterocycles. The molecule has 3 aromatic rings. The number of halogens is 6. The van der Waals surface area contributed by atoms with Crippen molar-refractivity contribution in [2.24, 2.45) is 0 Å². The fourth-order valence-corrected chi connectivity index (χ4v) is 2.91. The highest BCUT2D eigenvalue weighted by Crippen LogP contribution is 2.36. The van der Waals surface area contributed by atoms with Gasteiger partial charge in [-0.25, -0.2) is 9.97 Å². The number of hydrogen-bond donors (Lipinski definition) is 0. The summed E-state index contributed by atoms with van der Waals surface area (Å²) in [7, 11) is 1.67.